The van der Waals surface area contributed by atoms with Crippen LogP contribution in [0.2, 0.25) is 0 Å². The van der Waals surface area contributed by atoms with Crippen molar-refractivity contribution in [3.8, 4) is 5.75 Å². The molecule has 28 heavy (non-hydrogen) atoms. The number of aromatic nitrogens is 1. The van der Waals surface area contributed by atoms with Crippen LogP contribution in [0.1, 0.15) is 20.8 Å². The summed E-state index contributed by atoms with van der Waals surface area (Å²) < 4.78 is 21.6. The fourth-order valence-corrected chi connectivity index (χ4v) is 3.62. The Hall–Kier alpha value is -2.65. The smallest absolute Gasteiger partial charge is 0.287 e. The first-order valence-corrected chi connectivity index (χ1v) is 11.3. The van der Waals surface area contributed by atoms with Gasteiger partial charge in [-0.25, -0.2) is 4.21 Å². The molecule has 0 bridgehead atoms. The number of nitrogens with one attached hydrogen (secondary N) is 2. The van der Waals surface area contributed by atoms with Crippen LogP contribution in [0.3, 0.4) is 0 Å². The third kappa shape index (κ3) is 4.26. The van der Waals surface area contributed by atoms with Crippen LogP contribution in [-0.4, -0.2) is 40.6 Å². The third-order valence-corrected chi connectivity index (χ3v) is 5.14. The summed E-state index contributed by atoms with van der Waals surface area (Å²) >= 11 is 3.45. The van der Waals surface area contributed by atoms with Crippen LogP contribution in [0.5, 0.6) is 5.75 Å². The lowest BCUT2D eigenvalue weighted by atomic mass is 10.1. The molecule has 7 nitrogen and oxygen atoms in total. The number of H-pyrrole nitrogens is 1. The molecule has 9 heteroatoms. The highest BCUT2D eigenvalue weighted by Gasteiger charge is 2.17. The van der Waals surface area contributed by atoms with Gasteiger partial charge in [0.25, 0.3) is 11.8 Å². The van der Waals surface area contributed by atoms with Gasteiger partial charge in [0.1, 0.15) is 11.4 Å². The summed E-state index contributed by atoms with van der Waals surface area (Å²) in [7, 11) is -1.06. The third-order valence-electron chi connectivity index (χ3n) is 3.88. The number of amides is 2. The Labute approximate surface area is 170 Å². The van der Waals surface area contributed by atoms with Gasteiger partial charge in [-0.1, -0.05) is 12.1 Å². The molecule has 0 saturated carbocycles. The average molecular weight is 464 g/mol. The van der Waals surface area contributed by atoms with Gasteiger partial charge < -0.3 is 15.0 Å². The van der Waals surface area contributed by atoms with Gasteiger partial charge in [0.15, 0.2) is 0 Å². The number of rotatable bonds is 4. The minimum atomic E-state index is -2.61. The SMILES string of the molecule is COc1ccc(Br)c2[nH]c(C(=O)Nc3ccccc3C(=O)N=S(C)(C)=O)cc12. The van der Waals surface area contributed by atoms with Gasteiger partial charge in [-0.15, -0.1) is 0 Å². The predicted molar refractivity (Wildman–Crippen MR) is 114 cm³/mol. The van der Waals surface area contributed by atoms with Crippen molar-refractivity contribution in [1.29, 1.82) is 0 Å². The van der Waals surface area contributed by atoms with E-state index in [4.69, 9.17) is 4.74 Å². The van der Waals surface area contributed by atoms with Gasteiger partial charge in [-0.05, 0) is 46.3 Å². The van der Waals surface area contributed by atoms with Crippen LogP contribution < -0.4 is 10.1 Å². The highest BCUT2D eigenvalue weighted by Crippen LogP contribution is 2.32. The lowest BCUT2D eigenvalue weighted by Crippen LogP contribution is -2.15. The molecule has 0 aliphatic carbocycles. The van der Waals surface area contributed by atoms with Gasteiger partial charge in [-0.2, -0.15) is 4.36 Å². The highest BCUT2D eigenvalue weighted by molar-refractivity contribution is 9.10. The lowest BCUT2D eigenvalue weighted by molar-refractivity contribution is 0.101. The molecule has 2 N–H and O–H groups in total. The maximum absolute atomic E-state index is 12.8. The summed E-state index contributed by atoms with van der Waals surface area (Å²) in [4.78, 5) is 28.2. The predicted octanol–water partition coefficient (Wildman–Crippen LogP) is 4.06. The Morgan fingerprint density at radius 3 is 2.57 bits per heavy atom. The number of benzene rings is 2. The van der Waals surface area contributed by atoms with Gasteiger partial charge in [-0.3, -0.25) is 9.59 Å². The summed E-state index contributed by atoms with van der Waals surface area (Å²) in [6, 6.07) is 11.7. The number of nitrogens with zero attached hydrogens (tertiary/aromatic N) is 1. The fourth-order valence-electron chi connectivity index (χ4n) is 2.68. The van der Waals surface area contributed by atoms with Crippen LogP contribution in [0.25, 0.3) is 10.9 Å². The number of aromatic amines is 1. The first kappa shape index (κ1) is 20.1. The average Bonchev–Trinajstić information content (AvgIpc) is 3.07. The van der Waals surface area contributed by atoms with Crippen molar-refractivity contribution in [2.24, 2.45) is 4.36 Å². The van der Waals surface area contributed by atoms with E-state index in [0.29, 0.717) is 11.4 Å². The molecule has 2 aromatic carbocycles. The molecule has 0 spiro atoms. The minimum absolute atomic E-state index is 0.169. The first-order valence-electron chi connectivity index (χ1n) is 8.16. The highest BCUT2D eigenvalue weighted by atomic mass is 79.9. The number of hydrogen-bond acceptors (Lipinski definition) is 4. The second-order valence-corrected chi connectivity index (χ2v) is 9.70. The molecule has 0 aliphatic rings. The zero-order valence-corrected chi connectivity index (χ0v) is 17.8. The molecule has 1 aromatic heterocycles. The van der Waals surface area contributed by atoms with E-state index >= 15 is 0 Å². The topological polar surface area (TPSA) is 101 Å². The normalized spacial score (nSPS) is 11.3. The molecule has 3 rings (SSSR count). The van der Waals surface area contributed by atoms with Crippen LogP contribution >= 0.6 is 15.9 Å². The van der Waals surface area contributed by atoms with Crippen LogP contribution in [-0.2, 0) is 9.73 Å². The molecule has 3 aromatic rings. The molecule has 0 atom stereocenters. The van der Waals surface area contributed by atoms with Crippen molar-refractivity contribution in [2.75, 3.05) is 24.9 Å². The Balaban J connectivity index is 1.97. The maximum Gasteiger partial charge on any atom is 0.287 e. The first-order chi connectivity index (χ1) is 13.2. The number of carbonyl (C=O) groups excluding carboxylic acids is 2. The Morgan fingerprint density at radius 1 is 1.18 bits per heavy atom. The standard InChI is InChI=1S/C19H18BrN3O4S/c1-27-16-9-8-13(20)17-12(16)10-15(21-17)19(25)22-14-7-5-4-6-11(14)18(24)23-28(2,3)26/h4-10,21H,1-3H3,(H,22,25). The molecule has 0 fully saturated rings. The van der Waals surface area contributed by atoms with Gasteiger partial charge in [0, 0.05) is 32.1 Å². The molecule has 1 heterocycles. The number of para-hydroxylation sites is 1. The number of carbonyl (C=O) groups is 2. The van der Waals surface area contributed by atoms with E-state index in [1.54, 1.807) is 37.4 Å². The summed E-state index contributed by atoms with van der Waals surface area (Å²) in [6.45, 7) is 0. The fraction of sp³-hybridized carbons (Fsp3) is 0.158. The van der Waals surface area contributed by atoms with Crippen molar-refractivity contribution in [2.45, 2.75) is 0 Å². The van der Waals surface area contributed by atoms with Gasteiger partial charge in [0.05, 0.1) is 23.9 Å². The molecule has 0 unspecified atom stereocenters. The summed E-state index contributed by atoms with van der Waals surface area (Å²) in [6.07, 6.45) is 2.75. The van der Waals surface area contributed by atoms with Gasteiger partial charge >= 0.3 is 0 Å². The monoisotopic (exact) mass is 463 g/mol. The summed E-state index contributed by atoms with van der Waals surface area (Å²) in [5.41, 5.74) is 1.48. The van der Waals surface area contributed by atoms with Crippen molar-refractivity contribution in [1.82, 2.24) is 4.98 Å². The van der Waals surface area contributed by atoms with Crippen molar-refractivity contribution >= 4 is 54.1 Å². The number of hydrogen-bond donors (Lipinski definition) is 2. The molecular formula is C19H18BrN3O4S. The molecule has 146 valence electrons. The molecule has 0 aliphatic heterocycles. The van der Waals surface area contributed by atoms with Crippen molar-refractivity contribution in [3.63, 3.8) is 0 Å². The number of anilines is 1. The number of fused-ring (bicyclic) bond motifs is 1. The van der Waals surface area contributed by atoms with Crippen LogP contribution in [0.15, 0.2) is 51.3 Å². The maximum atomic E-state index is 12.8. The Kier molecular flexibility index (Phi) is 5.57. The second kappa shape index (κ2) is 7.76. The minimum Gasteiger partial charge on any atom is -0.496 e. The second-order valence-electron chi connectivity index (χ2n) is 6.30. The zero-order valence-electron chi connectivity index (χ0n) is 15.4. The van der Waals surface area contributed by atoms with E-state index in [2.05, 4.69) is 30.6 Å². The van der Waals surface area contributed by atoms with E-state index < -0.39 is 21.5 Å². The van der Waals surface area contributed by atoms with Crippen molar-refractivity contribution in [3.05, 3.63) is 58.2 Å². The molecule has 0 saturated heterocycles. The Bertz CT molecular complexity index is 1200. The number of ether oxygens (including phenoxy) is 1. The number of halogens is 1. The zero-order chi connectivity index (χ0) is 20.5. The van der Waals surface area contributed by atoms with Crippen molar-refractivity contribution < 1.29 is 18.5 Å². The molecular weight excluding hydrogens is 446 g/mol. The number of methoxy groups -OCH3 is 1. The van der Waals surface area contributed by atoms with Crippen LogP contribution in [0.4, 0.5) is 5.69 Å². The Morgan fingerprint density at radius 2 is 1.89 bits per heavy atom. The summed E-state index contributed by atoms with van der Waals surface area (Å²) in [5.74, 6) is -0.449. The quantitative estimate of drug-likeness (QED) is 0.608. The van der Waals surface area contributed by atoms with Crippen LogP contribution in [0, 0.1) is 0 Å². The van der Waals surface area contributed by atoms with E-state index in [0.717, 1.165) is 15.4 Å². The molecule has 0 radical (unpaired) electrons. The summed E-state index contributed by atoms with van der Waals surface area (Å²) in [5, 5.41) is 3.46. The van der Waals surface area contributed by atoms with E-state index in [-0.39, 0.29) is 11.3 Å². The largest absolute Gasteiger partial charge is 0.496 e. The molecule has 2 amide bonds. The van der Waals surface area contributed by atoms with E-state index in [1.165, 1.54) is 18.6 Å². The van der Waals surface area contributed by atoms with Gasteiger partial charge in [0.2, 0.25) is 0 Å². The van der Waals surface area contributed by atoms with E-state index in [9.17, 15) is 13.8 Å². The van der Waals surface area contributed by atoms with E-state index in [1.807, 2.05) is 6.07 Å². The lowest BCUT2D eigenvalue weighted by Gasteiger charge is -2.08.